The van der Waals surface area contributed by atoms with Crippen molar-refractivity contribution in [1.82, 2.24) is 4.90 Å². The van der Waals surface area contributed by atoms with E-state index in [1.807, 2.05) is 36.4 Å². The molecule has 0 radical (unpaired) electrons. The number of hydrogen-bond donors (Lipinski definition) is 1. The van der Waals surface area contributed by atoms with Gasteiger partial charge in [0, 0.05) is 24.3 Å². The Balaban J connectivity index is 1.69. The van der Waals surface area contributed by atoms with Crippen LogP contribution in [0.25, 0.3) is 11.1 Å². The molecule has 1 aliphatic rings. The largest absolute Gasteiger partial charge is 0.324 e. The third-order valence-electron chi connectivity index (χ3n) is 4.60. The molecule has 0 aliphatic carbocycles. The van der Waals surface area contributed by atoms with E-state index < -0.39 is 0 Å². The minimum absolute atomic E-state index is 0.0691. The summed E-state index contributed by atoms with van der Waals surface area (Å²) in [6, 6.07) is 18.2. The number of rotatable bonds is 4. The minimum atomic E-state index is 0.0691. The van der Waals surface area contributed by atoms with E-state index in [9.17, 15) is 4.79 Å². The van der Waals surface area contributed by atoms with Crippen molar-refractivity contribution in [1.29, 1.82) is 0 Å². The van der Waals surface area contributed by atoms with E-state index in [0.29, 0.717) is 18.4 Å². The van der Waals surface area contributed by atoms with Gasteiger partial charge in [0.25, 0.3) is 0 Å². The Morgan fingerprint density at radius 1 is 1.00 bits per heavy atom. The first-order chi connectivity index (χ1) is 11.6. The van der Waals surface area contributed by atoms with Crippen molar-refractivity contribution in [2.24, 2.45) is 11.8 Å². The van der Waals surface area contributed by atoms with E-state index in [1.54, 1.807) is 0 Å². The molecule has 1 saturated heterocycles. The monoisotopic (exact) mass is 322 g/mol. The average molecular weight is 322 g/mol. The molecule has 2 aromatic rings. The third-order valence-corrected chi connectivity index (χ3v) is 4.60. The number of para-hydroxylation sites is 1. The summed E-state index contributed by atoms with van der Waals surface area (Å²) in [4.78, 5) is 14.8. The van der Waals surface area contributed by atoms with Crippen LogP contribution in [0.1, 0.15) is 20.3 Å². The second-order valence-electron chi connectivity index (χ2n) is 7.10. The van der Waals surface area contributed by atoms with Crippen molar-refractivity contribution in [3.05, 3.63) is 54.6 Å². The second-order valence-corrected chi connectivity index (χ2v) is 7.10. The number of carbonyl (C=O) groups is 1. The summed E-state index contributed by atoms with van der Waals surface area (Å²) in [6.07, 6.45) is 1.26. The first-order valence-electron chi connectivity index (χ1n) is 8.78. The Morgan fingerprint density at radius 2 is 1.62 bits per heavy atom. The lowest BCUT2D eigenvalue weighted by atomic mass is 9.92. The van der Waals surface area contributed by atoms with Crippen LogP contribution in [0.2, 0.25) is 0 Å². The number of carbonyl (C=O) groups excluding carboxylic acids is 1. The van der Waals surface area contributed by atoms with Gasteiger partial charge >= 0.3 is 0 Å². The first kappa shape index (κ1) is 16.7. The number of anilines is 1. The fraction of sp³-hybridized carbons (Fsp3) is 0.381. The van der Waals surface area contributed by atoms with Gasteiger partial charge in [-0.15, -0.1) is 0 Å². The van der Waals surface area contributed by atoms with Crippen LogP contribution in [0, 0.1) is 11.8 Å². The highest BCUT2D eigenvalue weighted by molar-refractivity contribution is 5.96. The molecule has 1 heterocycles. The molecule has 0 aromatic heterocycles. The fourth-order valence-corrected chi connectivity index (χ4v) is 3.78. The highest BCUT2D eigenvalue weighted by Crippen LogP contribution is 2.27. The van der Waals surface area contributed by atoms with Gasteiger partial charge in [-0.1, -0.05) is 62.4 Å². The Bertz CT molecular complexity index is 673. The van der Waals surface area contributed by atoms with Gasteiger partial charge in [-0.3, -0.25) is 9.69 Å². The number of nitrogens with one attached hydrogen (secondary N) is 1. The van der Waals surface area contributed by atoms with Crippen LogP contribution in [0.4, 0.5) is 5.69 Å². The molecule has 0 unspecified atom stereocenters. The summed E-state index contributed by atoms with van der Waals surface area (Å²) in [5, 5.41) is 3.11. The van der Waals surface area contributed by atoms with Crippen LogP contribution in [-0.2, 0) is 4.79 Å². The Morgan fingerprint density at radius 3 is 2.33 bits per heavy atom. The van der Waals surface area contributed by atoms with E-state index in [0.717, 1.165) is 29.9 Å². The molecular formula is C21H26N2O. The van der Waals surface area contributed by atoms with Crippen LogP contribution in [-0.4, -0.2) is 30.4 Å². The predicted molar refractivity (Wildman–Crippen MR) is 99.9 cm³/mol. The molecule has 2 atom stereocenters. The Labute approximate surface area is 144 Å². The van der Waals surface area contributed by atoms with Gasteiger partial charge in [-0.25, -0.2) is 0 Å². The van der Waals surface area contributed by atoms with Crippen LogP contribution in [0.15, 0.2) is 54.6 Å². The lowest BCUT2D eigenvalue weighted by molar-refractivity contribution is -0.117. The van der Waals surface area contributed by atoms with Gasteiger partial charge in [0.1, 0.15) is 0 Å². The molecule has 126 valence electrons. The maximum Gasteiger partial charge on any atom is 0.238 e. The van der Waals surface area contributed by atoms with E-state index in [1.165, 1.54) is 6.42 Å². The molecule has 0 bridgehead atoms. The summed E-state index contributed by atoms with van der Waals surface area (Å²) in [7, 11) is 0. The SMILES string of the molecule is C[C@@H]1C[C@@H](C)CN(CC(=O)Nc2ccccc2-c2ccccc2)C1. The third kappa shape index (κ3) is 4.24. The smallest absolute Gasteiger partial charge is 0.238 e. The Hall–Kier alpha value is -2.13. The second kappa shape index (κ2) is 7.63. The van der Waals surface area contributed by atoms with Crippen LogP contribution in [0.5, 0.6) is 0 Å². The van der Waals surface area contributed by atoms with Gasteiger partial charge in [0.05, 0.1) is 6.54 Å². The molecule has 24 heavy (non-hydrogen) atoms. The summed E-state index contributed by atoms with van der Waals surface area (Å²) < 4.78 is 0. The lowest BCUT2D eigenvalue weighted by Gasteiger charge is -2.34. The topological polar surface area (TPSA) is 32.3 Å². The molecule has 3 nitrogen and oxygen atoms in total. The van der Waals surface area contributed by atoms with Gasteiger partial charge in [0.15, 0.2) is 0 Å². The molecule has 2 aromatic carbocycles. The van der Waals surface area contributed by atoms with E-state index >= 15 is 0 Å². The van der Waals surface area contributed by atoms with E-state index in [4.69, 9.17) is 0 Å². The van der Waals surface area contributed by atoms with Crippen molar-refractivity contribution in [3.8, 4) is 11.1 Å². The zero-order valence-corrected chi connectivity index (χ0v) is 14.5. The summed E-state index contributed by atoms with van der Waals surface area (Å²) in [5.74, 6) is 1.40. The number of nitrogens with zero attached hydrogens (tertiary/aromatic N) is 1. The highest BCUT2D eigenvalue weighted by atomic mass is 16.2. The fourth-order valence-electron chi connectivity index (χ4n) is 3.78. The summed E-state index contributed by atoms with van der Waals surface area (Å²) >= 11 is 0. The molecule has 0 spiro atoms. The molecule has 1 fully saturated rings. The summed E-state index contributed by atoms with van der Waals surface area (Å²) in [6.45, 7) is 7.03. The lowest BCUT2D eigenvalue weighted by Crippen LogP contribution is -2.42. The molecular weight excluding hydrogens is 296 g/mol. The number of piperidine rings is 1. The average Bonchev–Trinajstić information content (AvgIpc) is 2.55. The van der Waals surface area contributed by atoms with Crippen molar-refractivity contribution in [3.63, 3.8) is 0 Å². The van der Waals surface area contributed by atoms with Gasteiger partial charge in [-0.05, 0) is 29.9 Å². The van der Waals surface area contributed by atoms with Gasteiger partial charge in [-0.2, -0.15) is 0 Å². The zero-order chi connectivity index (χ0) is 16.9. The van der Waals surface area contributed by atoms with Gasteiger partial charge in [0.2, 0.25) is 5.91 Å². The maximum atomic E-state index is 12.5. The van der Waals surface area contributed by atoms with Crippen LogP contribution >= 0.6 is 0 Å². The maximum absolute atomic E-state index is 12.5. The summed E-state index contributed by atoms with van der Waals surface area (Å²) in [5.41, 5.74) is 3.06. The minimum Gasteiger partial charge on any atom is -0.324 e. The number of amides is 1. The standard InChI is InChI=1S/C21H26N2O/c1-16-12-17(2)14-23(13-16)15-21(24)22-20-11-7-6-10-19(20)18-8-4-3-5-9-18/h3-11,16-17H,12-15H2,1-2H3,(H,22,24)/t16-,17-/m1/s1. The normalized spacial score (nSPS) is 21.4. The molecule has 1 aliphatic heterocycles. The Kier molecular flexibility index (Phi) is 5.31. The first-order valence-corrected chi connectivity index (χ1v) is 8.78. The number of hydrogen-bond acceptors (Lipinski definition) is 2. The van der Waals surface area contributed by atoms with Crippen molar-refractivity contribution < 1.29 is 4.79 Å². The zero-order valence-electron chi connectivity index (χ0n) is 14.5. The molecule has 1 amide bonds. The van der Waals surface area contributed by atoms with Gasteiger partial charge < -0.3 is 5.32 Å². The van der Waals surface area contributed by atoms with Crippen molar-refractivity contribution in [2.45, 2.75) is 20.3 Å². The van der Waals surface area contributed by atoms with Crippen molar-refractivity contribution in [2.75, 3.05) is 25.0 Å². The van der Waals surface area contributed by atoms with E-state index in [-0.39, 0.29) is 5.91 Å². The molecule has 0 saturated carbocycles. The van der Waals surface area contributed by atoms with Crippen LogP contribution < -0.4 is 5.32 Å². The van der Waals surface area contributed by atoms with Crippen LogP contribution in [0.3, 0.4) is 0 Å². The van der Waals surface area contributed by atoms with Crippen molar-refractivity contribution >= 4 is 11.6 Å². The number of benzene rings is 2. The molecule has 1 N–H and O–H groups in total. The highest BCUT2D eigenvalue weighted by Gasteiger charge is 2.23. The predicted octanol–water partition coefficient (Wildman–Crippen LogP) is 4.27. The number of likely N-dealkylation sites (tertiary alicyclic amines) is 1. The van der Waals surface area contributed by atoms with E-state index in [2.05, 4.69) is 42.3 Å². The molecule has 3 rings (SSSR count). The quantitative estimate of drug-likeness (QED) is 0.911. The molecule has 3 heteroatoms.